The van der Waals surface area contributed by atoms with Crippen LogP contribution >= 0.6 is 23.1 Å². The maximum absolute atomic E-state index is 11.4. The van der Waals surface area contributed by atoms with Gasteiger partial charge in [0.1, 0.15) is 5.01 Å². The molecule has 0 aliphatic carbocycles. The van der Waals surface area contributed by atoms with Crippen LogP contribution in [-0.4, -0.2) is 22.3 Å². The van der Waals surface area contributed by atoms with E-state index in [1.165, 1.54) is 11.8 Å². The zero-order valence-corrected chi connectivity index (χ0v) is 12.3. The molecule has 0 aliphatic heterocycles. The van der Waals surface area contributed by atoms with Crippen LogP contribution in [-0.2, 0) is 6.54 Å². The third-order valence-corrected chi connectivity index (χ3v) is 4.25. The number of rotatable bonds is 5. The third-order valence-electron chi connectivity index (χ3n) is 2.56. The number of aromatic nitrogens is 1. The summed E-state index contributed by atoms with van der Waals surface area (Å²) in [4.78, 5) is 17.5. The molecule has 0 saturated heterocycles. The quantitative estimate of drug-likeness (QED) is 0.827. The molecule has 0 saturated carbocycles. The average molecular weight is 294 g/mol. The van der Waals surface area contributed by atoms with Gasteiger partial charge >= 0.3 is 5.97 Å². The first-order valence-corrected chi connectivity index (χ1v) is 7.71. The van der Waals surface area contributed by atoms with Gasteiger partial charge in [-0.3, -0.25) is 0 Å². The Morgan fingerprint density at radius 2 is 2.32 bits per heavy atom. The minimum Gasteiger partial charge on any atom is -0.478 e. The van der Waals surface area contributed by atoms with Crippen LogP contribution in [0, 0.1) is 6.92 Å². The van der Waals surface area contributed by atoms with Crippen molar-refractivity contribution in [2.24, 2.45) is 0 Å². The SMILES string of the molecule is CSc1cccc(NCc2ncc(C)s2)c1C(=O)O. The number of hydrogen-bond acceptors (Lipinski definition) is 5. The van der Waals surface area contributed by atoms with Gasteiger partial charge in [-0.05, 0) is 25.3 Å². The summed E-state index contributed by atoms with van der Waals surface area (Å²) in [7, 11) is 0. The monoisotopic (exact) mass is 294 g/mol. The van der Waals surface area contributed by atoms with E-state index in [4.69, 9.17) is 0 Å². The van der Waals surface area contributed by atoms with Crippen molar-refractivity contribution in [3.8, 4) is 0 Å². The van der Waals surface area contributed by atoms with Crippen LogP contribution in [0.25, 0.3) is 0 Å². The first-order valence-electron chi connectivity index (χ1n) is 5.67. The van der Waals surface area contributed by atoms with E-state index in [2.05, 4.69) is 10.3 Å². The fraction of sp³-hybridized carbons (Fsp3) is 0.231. The molecule has 0 radical (unpaired) electrons. The van der Waals surface area contributed by atoms with Gasteiger partial charge < -0.3 is 10.4 Å². The van der Waals surface area contributed by atoms with Crippen molar-refractivity contribution in [3.05, 3.63) is 39.8 Å². The normalized spacial score (nSPS) is 10.4. The number of nitrogens with one attached hydrogen (secondary N) is 1. The number of carbonyl (C=O) groups is 1. The summed E-state index contributed by atoms with van der Waals surface area (Å²) < 4.78 is 0. The summed E-state index contributed by atoms with van der Waals surface area (Å²) in [6.45, 7) is 2.54. The molecule has 2 aromatic rings. The second-order valence-corrected chi connectivity index (χ2v) is 6.07. The molecule has 1 aromatic heterocycles. The Hall–Kier alpha value is -1.53. The van der Waals surface area contributed by atoms with E-state index < -0.39 is 5.97 Å². The lowest BCUT2D eigenvalue weighted by molar-refractivity contribution is 0.0694. The molecule has 0 bridgehead atoms. The Balaban J connectivity index is 2.22. The van der Waals surface area contributed by atoms with Crippen molar-refractivity contribution >= 4 is 34.8 Å². The van der Waals surface area contributed by atoms with Crippen LogP contribution in [0.3, 0.4) is 0 Å². The summed E-state index contributed by atoms with van der Waals surface area (Å²) in [5, 5.41) is 13.4. The highest BCUT2D eigenvalue weighted by Gasteiger charge is 2.14. The molecule has 0 spiro atoms. The second kappa shape index (κ2) is 6.08. The van der Waals surface area contributed by atoms with E-state index in [0.717, 1.165) is 14.8 Å². The van der Waals surface area contributed by atoms with Crippen molar-refractivity contribution in [2.45, 2.75) is 18.4 Å². The average Bonchev–Trinajstić information content (AvgIpc) is 2.81. The molecule has 1 heterocycles. The molecular weight excluding hydrogens is 280 g/mol. The number of nitrogens with zero attached hydrogens (tertiary/aromatic N) is 1. The minimum atomic E-state index is -0.914. The summed E-state index contributed by atoms with van der Waals surface area (Å²) >= 11 is 3.03. The lowest BCUT2D eigenvalue weighted by Crippen LogP contribution is -2.07. The first-order chi connectivity index (χ1) is 9.11. The molecule has 0 atom stereocenters. The lowest BCUT2D eigenvalue weighted by Gasteiger charge is -2.11. The largest absolute Gasteiger partial charge is 0.478 e. The smallest absolute Gasteiger partial charge is 0.338 e. The number of anilines is 1. The highest BCUT2D eigenvalue weighted by molar-refractivity contribution is 7.98. The van der Waals surface area contributed by atoms with Gasteiger partial charge in [-0.2, -0.15) is 0 Å². The Morgan fingerprint density at radius 1 is 1.53 bits per heavy atom. The zero-order chi connectivity index (χ0) is 13.8. The highest BCUT2D eigenvalue weighted by Crippen LogP contribution is 2.27. The van der Waals surface area contributed by atoms with Gasteiger partial charge in [0, 0.05) is 16.0 Å². The molecule has 4 nitrogen and oxygen atoms in total. The van der Waals surface area contributed by atoms with E-state index in [-0.39, 0.29) is 0 Å². The summed E-state index contributed by atoms with van der Waals surface area (Å²) in [5.41, 5.74) is 0.954. The second-order valence-electron chi connectivity index (χ2n) is 3.91. The molecule has 0 unspecified atom stereocenters. The highest BCUT2D eigenvalue weighted by atomic mass is 32.2. The minimum absolute atomic E-state index is 0.322. The van der Waals surface area contributed by atoms with Crippen molar-refractivity contribution in [2.75, 3.05) is 11.6 Å². The van der Waals surface area contributed by atoms with E-state index in [0.29, 0.717) is 17.8 Å². The number of thioether (sulfide) groups is 1. The molecular formula is C13H14N2O2S2. The van der Waals surface area contributed by atoms with Gasteiger partial charge in [0.15, 0.2) is 0 Å². The Morgan fingerprint density at radius 3 is 2.89 bits per heavy atom. The number of hydrogen-bond donors (Lipinski definition) is 2. The number of aryl methyl sites for hydroxylation is 1. The van der Waals surface area contributed by atoms with Gasteiger partial charge in [-0.1, -0.05) is 6.07 Å². The molecule has 0 amide bonds. The maximum atomic E-state index is 11.4. The number of thiazole rings is 1. The fourth-order valence-electron chi connectivity index (χ4n) is 1.72. The van der Waals surface area contributed by atoms with Crippen LogP contribution in [0.15, 0.2) is 29.3 Å². The van der Waals surface area contributed by atoms with Crippen molar-refractivity contribution in [3.63, 3.8) is 0 Å². The van der Waals surface area contributed by atoms with Gasteiger partial charge in [-0.15, -0.1) is 23.1 Å². The number of carboxylic acid groups (broad SMARTS) is 1. The van der Waals surface area contributed by atoms with Gasteiger partial charge in [0.05, 0.1) is 17.8 Å². The third kappa shape index (κ3) is 3.27. The Kier molecular flexibility index (Phi) is 4.44. The van der Waals surface area contributed by atoms with Crippen molar-refractivity contribution in [1.29, 1.82) is 0 Å². The van der Waals surface area contributed by atoms with Gasteiger partial charge in [0.2, 0.25) is 0 Å². The molecule has 100 valence electrons. The van der Waals surface area contributed by atoms with Gasteiger partial charge in [-0.25, -0.2) is 9.78 Å². The van der Waals surface area contributed by atoms with Crippen LogP contribution in [0.4, 0.5) is 5.69 Å². The van der Waals surface area contributed by atoms with E-state index >= 15 is 0 Å². The summed E-state index contributed by atoms with van der Waals surface area (Å²) in [6, 6.07) is 5.45. The van der Waals surface area contributed by atoms with Crippen LogP contribution < -0.4 is 5.32 Å². The topological polar surface area (TPSA) is 62.2 Å². The Bertz CT molecular complexity index is 596. The molecule has 19 heavy (non-hydrogen) atoms. The fourth-order valence-corrected chi connectivity index (χ4v) is 3.07. The number of benzene rings is 1. The molecule has 2 N–H and O–H groups in total. The predicted octanol–water partition coefficient (Wildman–Crippen LogP) is 3.48. The number of aromatic carboxylic acids is 1. The first kappa shape index (κ1) is 13.9. The molecule has 0 aliphatic rings. The van der Waals surface area contributed by atoms with E-state index in [1.54, 1.807) is 17.4 Å². The van der Waals surface area contributed by atoms with Crippen LogP contribution in [0.2, 0.25) is 0 Å². The van der Waals surface area contributed by atoms with E-state index in [1.807, 2.05) is 31.5 Å². The maximum Gasteiger partial charge on any atom is 0.338 e. The van der Waals surface area contributed by atoms with E-state index in [9.17, 15) is 9.90 Å². The predicted molar refractivity (Wildman–Crippen MR) is 79.4 cm³/mol. The van der Waals surface area contributed by atoms with Crippen LogP contribution in [0.1, 0.15) is 20.2 Å². The number of carboxylic acids is 1. The summed E-state index contributed by atoms with van der Waals surface area (Å²) in [6.07, 6.45) is 3.69. The van der Waals surface area contributed by atoms with Crippen molar-refractivity contribution < 1.29 is 9.90 Å². The molecule has 2 rings (SSSR count). The molecule has 6 heteroatoms. The van der Waals surface area contributed by atoms with Crippen LogP contribution in [0.5, 0.6) is 0 Å². The molecule has 1 aromatic carbocycles. The van der Waals surface area contributed by atoms with Crippen molar-refractivity contribution in [1.82, 2.24) is 4.98 Å². The summed E-state index contributed by atoms with van der Waals surface area (Å²) in [5.74, 6) is -0.914. The lowest BCUT2D eigenvalue weighted by atomic mass is 10.2. The molecule has 0 fully saturated rings. The standard InChI is InChI=1S/C13H14N2O2S2/c1-8-6-15-11(19-8)7-14-9-4-3-5-10(18-2)12(9)13(16)17/h3-6,14H,7H2,1-2H3,(H,16,17). The zero-order valence-electron chi connectivity index (χ0n) is 10.6. The van der Waals surface area contributed by atoms with Gasteiger partial charge in [0.25, 0.3) is 0 Å². The Labute approximate surface area is 119 Å².